The maximum Gasteiger partial charge on any atom is 0.268 e. The summed E-state index contributed by atoms with van der Waals surface area (Å²) in [6, 6.07) is 1.65. The molecule has 162 valence electrons. The van der Waals surface area contributed by atoms with Gasteiger partial charge in [-0.2, -0.15) is 5.10 Å². The average molecular weight is 406 g/mol. The summed E-state index contributed by atoms with van der Waals surface area (Å²) >= 11 is 0. The molecule has 0 saturated carbocycles. The second-order valence-corrected chi connectivity index (χ2v) is 8.15. The summed E-state index contributed by atoms with van der Waals surface area (Å²) in [6.07, 6.45) is 5.62. The largest absolute Gasteiger partial charge is 0.383 e. The highest BCUT2D eigenvalue weighted by molar-refractivity contribution is 5.76. The first-order chi connectivity index (χ1) is 14.1. The molecule has 1 atom stereocenters. The van der Waals surface area contributed by atoms with Crippen molar-refractivity contribution in [1.29, 1.82) is 0 Å². The molecule has 8 nitrogen and oxygen atoms in total. The Morgan fingerprint density at radius 3 is 2.69 bits per heavy atom. The van der Waals surface area contributed by atoms with Crippen LogP contribution in [0.25, 0.3) is 0 Å². The van der Waals surface area contributed by atoms with Gasteiger partial charge in [-0.25, -0.2) is 4.68 Å². The molecule has 1 aromatic rings. The van der Waals surface area contributed by atoms with Gasteiger partial charge in [0.25, 0.3) is 5.56 Å². The van der Waals surface area contributed by atoms with E-state index < -0.39 is 0 Å². The molecule has 0 radical (unpaired) electrons. The summed E-state index contributed by atoms with van der Waals surface area (Å²) in [6.45, 7) is 9.63. The summed E-state index contributed by atoms with van der Waals surface area (Å²) < 4.78 is 6.44. The number of ether oxygens (including phenoxy) is 1. The van der Waals surface area contributed by atoms with Gasteiger partial charge in [0.2, 0.25) is 5.91 Å². The lowest BCUT2D eigenvalue weighted by atomic mass is 9.93. The van der Waals surface area contributed by atoms with E-state index in [-0.39, 0.29) is 11.5 Å². The molecule has 0 aliphatic carbocycles. The Labute approximate surface area is 173 Å². The van der Waals surface area contributed by atoms with Gasteiger partial charge in [0.15, 0.2) is 0 Å². The summed E-state index contributed by atoms with van der Waals surface area (Å²) in [4.78, 5) is 31.7. The molecule has 2 saturated heterocycles. The first kappa shape index (κ1) is 21.8. The van der Waals surface area contributed by atoms with Crippen LogP contribution in [-0.2, 0) is 16.1 Å². The van der Waals surface area contributed by atoms with E-state index in [4.69, 9.17) is 4.74 Å². The number of piperidine rings is 1. The Morgan fingerprint density at radius 2 is 2.00 bits per heavy atom. The number of carbonyl (C=O) groups excluding carboxylic acids is 1. The highest BCUT2D eigenvalue weighted by atomic mass is 16.5. The van der Waals surface area contributed by atoms with Gasteiger partial charge in [0, 0.05) is 58.9 Å². The fourth-order valence-corrected chi connectivity index (χ4v) is 4.32. The maximum absolute atomic E-state index is 12.8. The predicted molar refractivity (Wildman–Crippen MR) is 113 cm³/mol. The summed E-state index contributed by atoms with van der Waals surface area (Å²) in [7, 11) is 1.61. The maximum atomic E-state index is 12.8. The van der Waals surface area contributed by atoms with Gasteiger partial charge in [-0.05, 0) is 31.7 Å². The van der Waals surface area contributed by atoms with Crippen LogP contribution in [0.15, 0.2) is 17.1 Å². The fraction of sp³-hybridized carbons (Fsp3) is 0.762. The third-order valence-electron chi connectivity index (χ3n) is 5.97. The van der Waals surface area contributed by atoms with Crippen molar-refractivity contribution in [3.63, 3.8) is 0 Å². The lowest BCUT2D eigenvalue weighted by Crippen LogP contribution is -2.49. The Kier molecular flexibility index (Phi) is 8.06. The molecule has 2 aliphatic heterocycles. The summed E-state index contributed by atoms with van der Waals surface area (Å²) in [5.74, 6) is 0.613. The van der Waals surface area contributed by atoms with E-state index >= 15 is 0 Å². The number of nitrogens with zero attached hydrogens (tertiary/aromatic N) is 5. The van der Waals surface area contributed by atoms with Gasteiger partial charge in [-0.1, -0.05) is 6.92 Å². The quantitative estimate of drug-likeness (QED) is 0.644. The van der Waals surface area contributed by atoms with E-state index in [9.17, 15) is 9.59 Å². The molecule has 29 heavy (non-hydrogen) atoms. The molecule has 3 heterocycles. The third-order valence-corrected chi connectivity index (χ3v) is 5.97. The minimum atomic E-state index is -0.109. The molecule has 1 unspecified atom stereocenters. The highest BCUT2D eigenvalue weighted by Gasteiger charge is 2.27. The molecular weight excluding hydrogens is 370 g/mol. The number of rotatable bonds is 8. The third kappa shape index (κ3) is 6.02. The fourth-order valence-electron chi connectivity index (χ4n) is 4.32. The van der Waals surface area contributed by atoms with Crippen LogP contribution in [0.5, 0.6) is 0 Å². The van der Waals surface area contributed by atoms with E-state index in [1.165, 1.54) is 4.68 Å². The van der Waals surface area contributed by atoms with Crippen LogP contribution in [0.1, 0.15) is 32.6 Å². The van der Waals surface area contributed by atoms with Crippen molar-refractivity contribution in [3.8, 4) is 0 Å². The van der Waals surface area contributed by atoms with Crippen LogP contribution < -0.4 is 10.5 Å². The zero-order valence-corrected chi connectivity index (χ0v) is 17.9. The standard InChI is InChI=1S/C21H35N5O3/c1-3-6-23-8-10-24(11-9-23)20(27)14-18-5-4-7-25(17-18)19-15-21(28)26(22-16-19)12-13-29-2/h15-16,18H,3-14,17H2,1-2H3. The Hall–Kier alpha value is -1.93. The molecule has 2 fully saturated rings. The first-order valence-electron chi connectivity index (χ1n) is 10.9. The topological polar surface area (TPSA) is 70.9 Å². The lowest BCUT2D eigenvalue weighted by Gasteiger charge is -2.37. The number of hydrogen-bond acceptors (Lipinski definition) is 6. The number of hydrogen-bond donors (Lipinski definition) is 0. The number of methoxy groups -OCH3 is 1. The van der Waals surface area contributed by atoms with Crippen LogP contribution in [0.3, 0.4) is 0 Å². The molecule has 0 aromatic carbocycles. The first-order valence-corrected chi connectivity index (χ1v) is 10.9. The van der Waals surface area contributed by atoms with E-state index in [2.05, 4.69) is 21.8 Å². The van der Waals surface area contributed by atoms with Crippen molar-refractivity contribution in [2.24, 2.45) is 5.92 Å². The molecule has 0 bridgehead atoms. The Morgan fingerprint density at radius 1 is 1.21 bits per heavy atom. The summed E-state index contributed by atoms with van der Waals surface area (Å²) in [5, 5.41) is 4.28. The predicted octanol–water partition coefficient (Wildman–Crippen LogP) is 1.05. The van der Waals surface area contributed by atoms with Crippen LogP contribution in [0.2, 0.25) is 0 Å². The zero-order chi connectivity index (χ0) is 20.6. The zero-order valence-electron chi connectivity index (χ0n) is 17.9. The molecule has 2 aliphatic rings. The van der Waals surface area contributed by atoms with Crippen molar-refractivity contribution in [2.45, 2.75) is 39.2 Å². The van der Waals surface area contributed by atoms with Gasteiger partial charge in [-0.3, -0.25) is 14.5 Å². The van der Waals surface area contributed by atoms with E-state index in [1.54, 1.807) is 19.4 Å². The molecule has 1 aromatic heterocycles. The highest BCUT2D eigenvalue weighted by Crippen LogP contribution is 2.24. The number of aromatic nitrogens is 2. The van der Waals surface area contributed by atoms with Crippen LogP contribution in [-0.4, -0.2) is 85.0 Å². The molecule has 3 rings (SSSR count). The van der Waals surface area contributed by atoms with Crippen LogP contribution in [0, 0.1) is 5.92 Å². The van der Waals surface area contributed by atoms with Gasteiger partial charge in [-0.15, -0.1) is 0 Å². The van der Waals surface area contributed by atoms with E-state index in [1.807, 2.05) is 4.90 Å². The number of amides is 1. The van der Waals surface area contributed by atoms with Gasteiger partial charge in [0.1, 0.15) is 0 Å². The second kappa shape index (κ2) is 10.7. The minimum absolute atomic E-state index is 0.109. The van der Waals surface area contributed by atoms with Crippen molar-refractivity contribution >= 4 is 11.6 Å². The molecular formula is C21H35N5O3. The van der Waals surface area contributed by atoms with E-state index in [0.29, 0.717) is 25.5 Å². The average Bonchev–Trinajstić information content (AvgIpc) is 2.74. The number of anilines is 1. The van der Waals surface area contributed by atoms with Crippen molar-refractivity contribution in [3.05, 3.63) is 22.6 Å². The lowest BCUT2D eigenvalue weighted by molar-refractivity contribution is -0.134. The van der Waals surface area contributed by atoms with Crippen LogP contribution >= 0.6 is 0 Å². The molecule has 1 amide bonds. The van der Waals surface area contributed by atoms with Crippen molar-refractivity contribution < 1.29 is 9.53 Å². The van der Waals surface area contributed by atoms with Crippen molar-refractivity contribution in [2.75, 3.05) is 64.4 Å². The summed E-state index contributed by atoms with van der Waals surface area (Å²) in [5.41, 5.74) is 0.747. The van der Waals surface area contributed by atoms with Gasteiger partial charge < -0.3 is 14.5 Å². The normalized spacial score (nSPS) is 20.8. The van der Waals surface area contributed by atoms with E-state index in [0.717, 1.165) is 70.8 Å². The Balaban J connectivity index is 1.52. The van der Waals surface area contributed by atoms with Gasteiger partial charge >= 0.3 is 0 Å². The molecule has 8 heteroatoms. The molecule has 0 spiro atoms. The smallest absolute Gasteiger partial charge is 0.268 e. The van der Waals surface area contributed by atoms with Crippen molar-refractivity contribution in [1.82, 2.24) is 19.6 Å². The SMILES string of the molecule is CCCN1CCN(C(=O)CC2CCCN(c3cnn(CCOC)c(=O)c3)C2)CC1. The van der Waals surface area contributed by atoms with Crippen LogP contribution in [0.4, 0.5) is 5.69 Å². The number of carbonyl (C=O) groups is 1. The number of piperazine rings is 1. The minimum Gasteiger partial charge on any atom is -0.383 e. The monoisotopic (exact) mass is 405 g/mol. The second-order valence-electron chi connectivity index (χ2n) is 8.15. The van der Waals surface area contributed by atoms with Gasteiger partial charge in [0.05, 0.1) is 25.0 Å². The molecule has 0 N–H and O–H groups in total. The Bertz CT molecular complexity index is 715.